The molecule has 1 heterocycles. The van der Waals surface area contributed by atoms with Crippen LogP contribution in [0, 0.1) is 0 Å². The first-order valence-corrected chi connectivity index (χ1v) is 5.69. The Kier molecular flexibility index (Phi) is 2.75. The maximum absolute atomic E-state index is 11.4. The standard InChI is InChI=1S/C10H5Br2NO2/c11-6-2-1-3-7(12)9(6)5-4-8(14)13-10(5)15/h1-4H,(H,13,14,15). The summed E-state index contributed by atoms with van der Waals surface area (Å²) in [6.45, 7) is 0. The molecule has 0 spiro atoms. The van der Waals surface area contributed by atoms with Gasteiger partial charge in [0.05, 0.1) is 5.57 Å². The number of carbonyl (C=O) groups is 2. The molecule has 0 unspecified atom stereocenters. The molecule has 2 amide bonds. The zero-order valence-corrected chi connectivity index (χ0v) is 10.6. The molecule has 0 bridgehead atoms. The van der Waals surface area contributed by atoms with Crippen molar-refractivity contribution in [1.29, 1.82) is 0 Å². The normalized spacial score (nSPS) is 15.2. The van der Waals surface area contributed by atoms with E-state index in [0.717, 1.165) is 8.95 Å². The minimum absolute atomic E-state index is 0.368. The van der Waals surface area contributed by atoms with E-state index in [1.165, 1.54) is 6.08 Å². The van der Waals surface area contributed by atoms with Crippen LogP contribution in [0.25, 0.3) is 5.57 Å². The molecule has 1 aromatic carbocycles. The summed E-state index contributed by atoms with van der Waals surface area (Å²) in [4.78, 5) is 22.5. The van der Waals surface area contributed by atoms with Crippen molar-refractivity contribution < 1.29 is 9.59 Å². The Bertz CT molecular complexity index is 474. The zero-order chi connectivity index (χ0) is 11.0. The van der Waals surface area contributed by atoms with E-state index in [1.807, 2.05) is 18.2 Å². The second-order valence-corrected chi connectivity index (χ2v) is 4.68. The summed E-state index contributed by atoms with van der Waals surface area (Å²) >= 11 is 6.68. The fourth-order valence-corrected chi connectivity index (χ4v) is 2.78. The van der Waals surface area contributed by atoms with Gasteiger partial charge in [-0.1, -0.05) is 37.9 Å². The summed E-state index contributed by atoms with van der Waals surface area (Å²) in [5.41, 5.74) is 1.07. The Hall–Kier alpha value is -0.940. The van der Waals surface area contributed by atoms with Gasteiger partial charge in [-0.15, -0.1) is 0 Å². The average Bonchev–Trinajstić information content (AvgIpc) is 2.45. The molecule has 0 radical (unpaired) electrons. The van der Waals surface area contributed by atoms with Gasteiger partial charge in [0.1, 0.15) is 0 Å². The van der Waals surface area contributed by atoms with Crippen LogP contribution in [-0.2, 0) is 9.59 Å². The molecule has 2 rings (SSSR count). The van der Waals surface area contributed by atoms with E-state index in [1.54, 1.807) is 0 Å². The summed E-state index contributed by atoms with van der Waals surface area (Å²) in [5, 5.41) is 2.21. The van der Waals surface area contributed by atoms with Gasteiger partial charge >= 0.3 is 0 Å². The molecule has 1 aromatic rings. The van der Waals surface area contributed by atoms with E-state index < -0.39 is 0 Å². The van der Waals surface area contributed by atoms with Crippen LogP contribution in [0.1, 0.15) is 5.56 Å². The fraction of sp³-hybridized carbons (Fsp3) is 0. The third-order valence-electron chi connectivity index (χ3n) is 1.99. The highest BCUT2D eigenvalue weighted by Crippen LogP contribution is 2.32. The Morgan fingerprint density at radius 2 is 1.67 bits per heavy atom. The Morgan fingerprint density at radius 1 is 1.07 bits per heavy atom. The van der Waals surface area contributed by atoms with Crippen LogP contribution in [0.4, 0.5) is 0 Å². The Balaban J connectivity index is 2.60. The van der Waals surface area contributed by atoms with Gasteiger partial charge in [0.2, 0.25) is 0 Å². The average molecular weight is 331 g/mol. The first kappa shape index (κ1) is 10.6. The Morgan fingerprint density at radius 3 is 2.13 bits per heavy atom. The molecular formula is C10H5Br2NO2. The van der Waals surface area contributed by atoms with E-state index in [0.29, 0.717) is 11.1 Å². The maximum Gasteiger partial charge on any atom is 0.258 e. The molecule has 0 aromatic heterocycles. The molecule has 15 heavy (non-hydrogen) atoms. The van der Waals surface area contributed by atoms with Crippen molar-refractivity contribution in [2.75, 3.05) is 0 Å². The smallest absolute Gasteiger partial charge is 0.258 e. The van der Waals surface area contributed by atoms with E-state index in [-0.39, 0.29) is 11.8 Å². The molecular weight excluding hydrogens is 326 g/mol. The lowest BCUT2D eigenvalue weighted by molar-refractivity contribution is -0.123. The number of rotatable bonds is 1. The largest absolute Gasteiger partial charge is 0.289 e. The van der Waals surface area contributed by atoms with Gasteiger partial charge in [0, 0.05) is 20.6 Å². The van der Waals surface area contributed by atoms with Crippen LogP contribution in [0.15, 0.2) is 33.2 Å². The highest BCUT2D eigenvalue weighted by atomic mass is 79.9. The summed E-state index contributed by atoms with van der Waals surface area (Å²) in [7, 11) is 0. The zero-order valence-electron chi connectivity index (χ0n) is 7.38. The van der Waals surface area contributed by atoms with Gasteiger partial charge in [0.15, 0.2) is 0 Å². The van der Waals surface area contributed by atoms with Gasteiger partial charge in [0.25, 0.3) is 11.8 Å². The quantitative estimate of drug-likeness (QED) is 0.803. The van der Waals surface area contributed by atoms with E-state index >= 15 is 0 Å². The van der Waals surface area contributed by atoms with Crippen molar-refractivity contribution in [1.82, 2.24) is 5.32 Å². The number of halogens is 2. The monoisotopic (exact) mass is 329 g/mol. The number of amides is 2. The van der Waals surface area contributed by atoms with Gasteiger partial charge in [-0.05, 0) is 12.1 Å². The van der Waals surface area contributed by atoms with Crippen LogP contribution in [-0.4, -0.2) is 11.8 Å². The lowest BCUT2D eigenvalue weighted by Gasteiger charge is -2.05. The molecule has 0 saturated carbocycles. The molecule has 0 saturated heterocycles. The minimum atomic E-state index is -0.377. The molecule has 1 N–H and O–H groups in total. The van der Waals surface area contributed by atoms with Crippen molar-refractivity contribution in [2.45, 2.75) is 0 Å². The van der Waals surface area contributed by atoms with Crippen molar-refractivity contribution in [3.05, 3.63) is 38.8 Å². The van der Waals surface area contributed by atoms with Crippen LogP contribution >= 0.6 is 31.9 Å². The number of carbonyl (C=O) groups excluding carboxylic acids is 2. The molecule has 76 valence electrons. The minimum Gasteiger partial charge on any atom is -0.289 e. The second kappa shape index (κ2) is 3.90. The van der Waals surface area contributed by atoms with Crippen LogP contribution in [0.2, 0.25) is 0 Å². The molecule has 1 aliphatic heterocycles. The van der Waals surface area contributed by atoms with Crippen LogP contribution in [0.3, 0.4) is 0 Å². The summed E-state index contributed by atoms with van der Waals surface area (Å²) < 4.78 is 1.54. The van der Waals surface area contributed by atoms with E-state index in [9.17, 15) is 9.59 Å². The van der Waals surface area contributed by atoms with E-state index in [4.69, 9.17) is 0 Å². The van der Waals surface area contributed by atoms with Gasteiger partial charge in [-0.2, -0.15) is 0 Å². The summed E-state index contributed by atoms with van der Waals surface area (Å²) in [5.74, 6) is -0.745. The fourth-order valence-electron chi connectivity index (χ4n) is 1.35. The van der Waals surface area contributed by atoms with Gasteiger partial charge < -0.3 is 0 Å². The summed E-state index contributed by atoms with van der Waals surface area (Å²) in [6, 6.07) is 5.47. The molecule has 5 heteroatoms. The number of nitrogens with one attached hydrogen (secondary N) is 1. The third-order valence-corrected chi connectivity index (χ3v) is 3.31. The summed E-state index contributed by atoms with van der Waals surface area (Å²) in [6.07, 6.45) is 1.30. The third kappa shape index (κ3) is 1.89. The second-order valence-electron chi connectivity index (χ2n) is 2.97. The Labute approximate surface area is 103 Å². The van der Waals surface area contributed by atoms with Crippen molar-refractivity contribution >= 4 is 49.2 Å². The van der Waals surface area contributed by atoms with Crippen molar-refractivity contribution in [2.24, 2.45) is 0 Å². The predicted octanol–water partition coefficient (Wildman–Crippen LogP) is 2.25. The van der Waals surface area contributed by atoms with Crippen molar-refractivity contribution in [3.63, 3.8) is 0 Å². The lowest BCUT2D eigenvalue weighted by Crippen LogP contribution is -2.21. The van der Waals surface area contributed by atoms with Crippen LogP contribution < -0.4 is 5.32 Å². The molecule has 1 aliphatic rings. The van der Waals surface area contributed by atoms with Gasteiger partial charge in [-0.25, -0.2) is 0 Å². The first-order valence-electron chi connectivity index (χ1n) is 4.11. The van der Waals surface area contributed by atoms with Crippen LogP contribution in [0.5, 0.6) is 0 Å². The van der Waals surface area contributed by atoms with Gasteiger partial charge in [-0.3, -0.25) is 14.9 Å². The number of imide groups is 1. The highest BCUT2D eigenvalue weighted by Gasteiger charge is 2.25. The lowest BCUT2D eigenvalue weighted by atomic mass is 10.1. The van der Waals surface area contributed by atoms with E-state index in [2.05, 4.69) is 37.2 Å². The number of benzene rings is 1. The number of hydrogen-bond donors (Lipinski definition) is 1. The van der Waals surface area contributed by atoms with Crippen molar-refractivity contribution in [3.8, 4) is 0 Å². The number of hydrogen-bond acceptors (Lipinski definition) is 2. The maximum atomic E-state index is 11.4. The highest BCUT2D eigenvalue weighted by molar-refractivity contribution is 9.11. The first-order chi connectivity index (χ1) is 7.09. The molecule has 3 nitrogen and oxygen atoms in total. The molecule has 0 atom stereocenters. The molecule has 0 fully saturated rings. The predicted molar refractivity (Wildman–Crippen MR) is 63.0 cm³/mol. The SMILES string of the molecule is O=C1C=C(c2c(Br)cccc2Br)C(=O)N1. The molecule has 0 aliphatic carbocycles. The topological polar surface area (TPSA) is 46.2 Å².